The Kier molecular flexibility index (Phi) is 4.88. The molecule has 1 saturated heterocycles. The number of nitrogens with zero attached hydrogens (tertiary/aromatic N) is 4. The molecule has 0 aliphatic carbocycles. The summed E-state index contributed by atoms with van der Waals surface area (Å²) in [6, 6.07) is 10.6. The van der Waals surface area contributed by atoms with E-state index in [1.165, 1.54) is 5.56 Å². The maximum absolute atomic E-state index is 5.55. The maximum atomic E-state index is 5.55. The number of hydrogen-bond acceptors (Lipinski definition) is 5. The molecule has 122 valence electrons. The summed E-state index contributed by atoms with van der Waals surface area (Å²) >= 11 is 0. The van der Waals surface area contributed by atoms with Crippen LogP contribution >= 0.6 is 0 Å². The van der Waals surface area contributed by atoms with E-state index in [1.54, 1.807) is 7.11 Å². The molecule has 0 N–H and O–H groups in total. The number of methoxy groups -OCH3 is 1. The SMILES string of the molecule is COc1ccccc1C1CN(Cc2ccnc(C)n2)CCN1C. The molecule has 3 rings (SSSR count). The van der Waals surface area contributed by atoms with Crippen LogP contribution in [0.2, 0.25) is 0 Å². The molecule has 1 aliphatic heterocycles. The van der Waals surface area contributed by atoms with E-state index in [2.05, 4.69) is 38.9 Å². The zero-order valence-corrected chi connectivity index (χ0v) is 14.1. The average Bonchev–Trinajstić information content (AvgIpc) is 2.57. The van der Waals surface area contributed by atoms with Crippen molar-refractivity contribution < 1.29 is 4.74 Å². The lowest BCUT2D eigenvalue weighted by Crippen LogP contribution is -2.46. The summed E-state index contributed by atoms with van der Waals surface area (Å²) < 4.78 is 5.55. The van der Waals surface area contributed by atoms with Gasteiger partial charge in [-0.05, 0) is 26.1 Å². The quantitative estimate of drug-likeness (QED) is 0.866. The normalized spacial score (nSPS) is 19.7. The molecule has 1 fully saturated rings. The first-order valence-corrected chi connectivity index (χ1v) is 8.01. The highest BCUT2D eigenvalue weighted by Crippen LogP contribution is 2.31. The monoisotopic (exact) mass is 312 g/mol. The maximum Gasteiger partial charge on any atom is 0.125 e. The Hall–Kier alpha value is -1.98. The summed E-state index contributed by atoms with van der Waals surface area (Å²) in [5.41, 5.74) is 2.34. The van der Waals surface area contributed by atoms with Gasteiger partial charge >= 0.3 is 0 Å². The number of ether oxygens (including phenoxy) is 1. The van der Waals surface area contributed by atoms with Crippen LogP contribution in [0.5, 0.6) is 5.75 Å². The van der Waals surface area contributed by atoms with Crippen molar-refractivity contribution in [1.82, 2.24) is 19.8 Å². The van der Waals surface area contributed by atoms with Crippen molar-refractivity contribution in [3.05, 3.63) is 53.6 Å². The van der Waals surface area contributed by atoms with Crippen molar-refractivity contribution >= 4 is 0 Å². The van der Waals surface area contributed by atoms with Crippen LogP contribution in [0, 0.1) is 6.92 Å². The first kappa shape index (κ1) is 15.9. The molecule has 1 atom stereocenters. The van der Waals surface area contributed by atoms with Gasteiger partial charge in [0.05, 0.1) is 18.8 Å². The summed E-state index contributed by atoms with van der Waals surface area (Å²) in [7, 11) is 3.92. The van der Waals surface area contributed by atoms with E-state index in [0.717, 1.165) is 43.4 Å². The average molecular weight is 312 g/mol. The molecular formula is C18H24N4O. The lowest BCUT2D eigenvalue weighted by Gasteiger charge is -2.40. The van der Waals surface area contributed by atoms with Gasteiger partial charge in [-0.25, -0.2) is 9.97 Å². The third-order valence-corrected chi connectivity index (χ3v) is 4.45. The zero-order chi connectivity index (χ0) is 16.2. The van der Waals surface area contributed by atoms with Crippen LogP contribution in [-0.2, 0) is 6.54 Å². The second-order valence-corrected chi connectivity index (χ2v) is 6.07. The third-order valence-electron chi connectivity index (χ3n) is 4.45. The molecule has 0 radical (unpaired) electrons. The molecule has 1 aromatic carbocycles. The van der Waals surface area contributed by atoms with Gasteiger partial charge in [-0.3, -0.25) is 9.80 Å². The largest absolute Gasteiger partial charge is 0.496 e. The Morgan fingerprint density at radius 1 is 1.22 bits per heavy atom. The highest BCUT2D eigenvalue weighted by molar-refractivity contribution is 5.36. The van der Waals surface area contributed by atoms with Gasteiger partial charge in [0, 0.05) is 37.9 Å². The number of aromatic nitrogens is 2. The Morgan fingerprint density at radius 2 is 2.04 bits per heavy atom. The fraction of sp³-hybridized carbons (Fsp3) is 0.444. The van der Waals surface area contributed by atoms with Crippen molar-refractivity contribution in [3.8, 4) is 5.75 Å². The molecule has 0 saturated carbocycles. The van der Waals surface area contributed by atoms with Crippen LogP contribution in [0.3, 0.4) is 0 Å². The van der Waals surface area contributed by atoms with Crippen molar-refractivity contribution in [2.45, 2.75) is 19.5 Å². The lowest BCUT2D eigenvalue weighted by molar-refractivity contribution is 0.0881. The summed E-state index contributed by atoms with van der Waals surface area (Å²) in [5, 5.41) is 0. The van der Waals surface area contributed by atoms with E-state index in [0.29, 0.717) is 6.04 Å². The number of piperazine rings is 1. The molecule has 0 bridgehead atoms. The lowest BCUT2D eigenvalue weighted by atomic mass is 10.0. The molecule has 0 spiro atoms. The summed E-state index contributed by atoms with van der Waals surface area (Å²) in [6.07, 6.45) is 1.84. The molecule has 5 heteroatoms. The minimum atomic E-state index is 0.336. The van der Waals surface area contributed by atoms with E-state index in [1.807, 2.05) is 31.3 Å². The summed E-state index contributed by atoms with van der Waals surface area (Å²) in [6.45, 7) is 5.85. The second kappa shape index (κ2) is 7.06. The van der Waals surface area contributed by atoms with Gasteiger partial charge in [-0.2, -0.15) is 0 Å². The topological polar surface area (TPSA) is 41.5 Å². The van der Waals surface area contributed by atoms with Gasteiger partial charge in [-0.15, -0.1) is 0 Å². The van der Waals surface area contributed by atoms with Crippen LogP contribution in [-0.4, -0.2) is 53.6 Å². The number of benzene rings is 1. The molecular weight excluding hydrogens is 288 g/mol. The molecule has 1 aromatic heterocycles. The first-order valence-electron chi connectivity index (χ1n) is 8.01. The fourth-order valence-corrected chi connectivity index (χ4v) is 3.17. The molecule has 5 nitrogen and oxygen atoms in total. The van der Waals surface area contributed by atoms with Crippen LogP contribution in [0.15, 0.2) is 36.5 Å². The summed E-state index contributed by atoms with van der Waals surface area (Å²) in [5.74, 6) is 1.79. The standard InChI is InChI=1S/C18H24N4O/c1-14-19-9-8-15(20-14)12-22-11-10-21(2)17(13-22)16-6-4-5-7-18(16)23-3/h4-9,17H,10-13H2,1-3H3. The fourth-order valence-electron chi connectivity index (χ4n) is 3.17. The zero-order valence-electron chi connectivity index (χ0n) is 14.1. The van der Waals surface area contributed by atoms with E-state index in [9.17, 15) is 0 Å². The van der Waals surface area contributed by atoms with Gasteiger partial charge in [-0.1, -0.05) is 18.2 Å². The van der Waals surface area contributed by atoms with E-state index < -0.39 is 0 Å². The van der Waals surface area contributed by atoms with Gasteiger partial charge in [0.25, 0.3) is 0 Å². The predicted molar refractivity (Wildman–Crippen MR) is 90.4 cm³/mol. The number of aryl methyl sites for hydroxylation is 1. The number of para-hydroxylation sites is 1. The highest BCUT2D eigenvalue weighted by Gasteiger charge is 2.27. The number of hydrogen-bond donors (Lipinski definition) is 0. The Balaban J connectivity index is 1.76. The van der Waals surface area contributed by atoms with Gasteiger partial charge in [0.15, 0.2) is 0 Å². The molecule has 23 heavy (non-hydrogen) atoms. The first-order chi connectivity index (χ1) is 11.2. The minimum Gasteiger partial charge on any atom is -0.496 e. The van der Waals surface area contributed by atoms with Crippen LogP contribution < -0.4 is 4.74 Å². The van der Waals surface area contributed by atoms with E-state index in [-0.39, 0.29) is 0 Å². The van der Waals surface area contributed by atoms with Crippen molar-refractivity contribution in [3.63, 3.8) is 0 Å². The Labute approximate surface area is 137 Å². The van der Waals surface area contributed by atoms with E-state index >= 15 is 0 Å². The molecule has 0 amide bonds. The summed E-state index contributed by atoms with van der Waals surface area (Å²) in [4.78, 5) is 13.6. The van der Waals surface area contributed by atoms with Crippen LogP contribution in [0.25, 0.3) is 0 Å². The molecule has 2 aromatic rings. The van der Waals surface area contributed by atoms with Crippen molar-refractivity contribution in [2.24, 2.45) is 0 Å². The molecule has 1 aliphatic rings. The Bertz CT molecular complexity index is 661. The van der Waals surface area contributed by atoms with Crippen LogP contribution in [0.1, 0.15) is 23.1 Å². The van der Waals surface area contributed by atoms with E-state index in [4.69, 9.17) is 4.74 Å². The smallest absolute Gasteiger partial charge is 0.125 e. The van der Waals surface area contributed by atoms with Crippen molar-refractivity contribution in [2.75, 3.05) is 33.8 Å². The number of likely N-dealkylation sites (N-methyl/N-ethyl adjacent to an activating group) is 1. The van der Waals surface area contributed by atoms with Gasteiger partial charge < -0.3 is 4.74 Å². The number of rotatable bonds is 4. The van der Waals surface area contributed by atoms with Crippen molar-refractivity contribution in [1.29, 1.82) is 0 Å². The van der Waals surface area contributed by atoms with Gasteiger partial charge in [0.2, 0.25) is 0 Å². The van der Waals surface area contributed by atoms with Gasteiger partial charge in [0.1, 0.15) is 11.6 Å². The Morgan fingerprint density at radius 3 is 2.83 bits per heavy atom. The highest BCUT2D eigenvalue weighted by atomic mass is 16.5. The third kappa shape index (κ3) is 3.68. The second-order valence-electron chi connectivity index (χ2n) is 6.07. The predicted octanol–water partition coefficient (Wildman–Crippen LogP) is 2.28. The van der Waals surface area contributed by atoms with Crippen LogP contribution in [0.4, 0.5) is 0 Å². The minimum absolute atomic E-state index is 0.336. The molecule has 1 unspecified atom stereocenters. The molecule has 2 heterocycles.